The van der Waals surface area contributed by atoms with Crippen LogP contribution in [-0.4, -0.2) is 29.9 Å². The number of anilines is 1. The van der Waals surface area contributed by atoms with Crippen LogP contribution in [0.4, 0.5) is 5.69 Å². The summed E-state index contributed by atoms with van der Waals surface area (Å²) in [5.74, 6) is 0.337. The van der Waals surface area contributed by atoms with Crippen molar-refractivity contribution < 1.29 is 18.7 Å². The van der Waals surface area contributed by atoms with Gasteiger partial charge in [0.25, 0.3) is 11.8 Å². The van der Waals surface area contributed by atoms with Crippen LogP contribution in [0.5, 0.6) is 5.75 Å². The quantitative estimate of drug-likeness (QED) is 0.419. The zero-order chi connectivity index (χ0) is 21.5. The van der Waals surface area contributed by atoms with Gasteiger partial charge in [0.2, 0.25) is 0 Å². The molecule has 0 saturated heterocycles. The monoisotopic (exact) mass is 415 g/mol. The predicted molar refractivity (Wildman–Crippen MR) is 117 cm³/mol. The van der Waals surface area contributed by atoms with E-state index in [9.17, 15) is 9.59 Å². The fraction of sp³-hybridized carbons (Fsp3) is 0.125. The van der Waals surface area contributed by atoms with Crippen LogP contribution in [0, 0.1) is 0 Å². The molecular weight excluding hydrogens is 394 g/mol. The van der Waals surface area contributed by atoms with Crippen LogP contribution in [0.1, 0.15) is 27.3 Å². The molecule has 0 bridgehead atoms. The van der Waals surface area contributed by atoms with E-state index in [1.165, 1.54) is 6.26 Å². The third kappa shape index (κ3) is 5.08. The topological polar surface area (TPSA) is 93.5 Å². The lowest BCUT2D eigenvalue weighted by Gasteiger charge is -2.10. The minimum Gasteiger partial charge on any atom is -0.491 e. The number of carbonyl (C=O) groups excluding carboxylic acids is 2. The molecule has 0 unspecified atom stereocenters. The predicted octanol–water partition coefficient (Wildman–Crippen LogP) is 4.28. The van der Waals surface area contributed by atoms with E-state index in [4.69, 9.17) is 9.15 Å². The van der Waals surface area contributed by atoms with Crippen molar-refractivity contribution in [3.05, 3.63) is 90.5 Å². The van der Waals surface area contributed by atoms with Crippen LogP contribution >= 0.6 is 0 Å². The number of nitrogens with zero attached hydrogens (tertiary/aromatic N) is 1. The summed E-state index contributed by atoms with van der Waals surface area (Å²) in [7, 11) is 0. The van der Waals surface area contributed by atoms with Gasteiger partial charge in [-0.05, 0) is 48.9 Å². The fourth-order valence-electron chi connectivity index (χ4n) is 3.09. The van der Waals surface area contributed by atoms with E-state index < -0.39 is 0 Å². The minimum atomic E-state index is -0.373. The van der Waals surface area contributed by atoms with Crippen molar-refractivity contribution in [2.45, 2.75) is 6.42 Å². The molecule has 2 amide bonds. The highest BCUT2D eigenvalue weighted by molar-refractivity contribution is 6.03. The van der Waals surface area contributed by atoms with Crippen LogP contribution < -0.4 is 15.4 Å². The highest BCUT2D eigenvalue weighted by Crippen LogP contribution is 2.22. The Hall–Kier alpha value is -4.13. The van der Waals surface area contributed by atoms with Crippen LogP contribution in [0.3, 0.4) is 0 Å². The van der Waals surface area contributed by atoms with E-state index in [-0.39, 0.29) is 17.6 Å². The maximum absolute atomic E-state index is 12.4. The highest BCUT2D eigenvalue weighted by atomic mass is 16.5. The average Bonchev–Trinajstić information content (AvgIpc) is 3.34. The third-order valence-electron chi connectivity index (χ3n) is 4.59. The van der Waals surface area contributed by atoms with Gasteiger partial charge in [-0.3, -0.25) is 14.6 Å². The van der Waals surface area contributed by atoms with Crippen LogP contribution in [0.15, 0.2) is 83.6 Å². The van der Waals surface area contributed by atoms with E-state index >= 15 is 0 Å². The number of benzene rings is 2. The Morgan fingerprint density at radius 1 is 0.968 bits per heavy atom. The number of carbonyl (C=O) groups is 2. The van der Waals surface area contributed by atoms with Crippen LogP contribution in [0.25, 0.3) is 10.9 Å². The van der Waals surface area contributed by atoms with Gasteiger partial charge < -0.3 is 19.8 Å². The van der Waals surface area contributed by atoms with Gasteiger partial charge in [-0.15, -0.1) is 0 Å². The fourth-order valence-corrected chi connectivity index (χ4v) is 3.09. The molecule has 0 fully saturated rings. The number of aromatic nitrogens is 1. The Kier molecular flexibility index (Phi) is 6.23. The van der Waals surface area contributed by atoms with Gasteiger partial charge in [0.15, 0.2) is 5.76 Å². The maximum atomic E-state index is 12.4. The highest BCUT2D eigenvalue weighted by Gasteiger charge is 2.11. The van der Waals surface area contributed by atoms with Gasteiger partial charge in [-0.2, -0.15) is 0 Å². The molecule has 0 spiro atoms. The van der Waals surface area contributed by atoms with Crippen molar-refractivity contribution in [3.8, 4) is 5.75 Å². The summed E-state index contributed by atoms with van der Waals surface area (Å²) in [5.41, 5.74) is 1.79. The molecule has 2 aromatic carbocycles. The molecule has 2 heterocycles. The number of rotatable bonds is 8. The van der Waals surface area contributed by atoms with Crippen LogP contribution in [-0.2, 0) is 0 Å². The summed E-state index contributed by atoms with van der Waals surface area (Å²) in [6, 6.07) is 19.6. The largest absolute Gasteiger partial charge is 0.491 e. The van der Waals surface area contributed by atoms with Gasteiger partial charge in [0.05, 0.1) is 12.9 Å². The van der Waals surface area contributed by atoms with Gasteiger partial charge >= 0.3 is 0 Å². The molecule has 4 rings (SSSR count). The lowest BCUT2D eigenvalue weighted by atomic mass is 10.2. The van der Waals surface area contributed by atoms with Gasteiger partial charge in [-0.1, -0.05) is 24.3 Å². The summed E-state index contributed by atoms with van der Waals surface area (Å²) >= 11 is 0. The molecule has 0 aliphatic rings. The summed E-state index contributed by atoms with van der Waals surface area (Å²) in [6.45, 7) is 0.912. The Labute approximate surface area is 179 Å². The lowest BCUT2D eigenvalue weighted by molar-refractivity contribution is 0.0949. The van der Waals surface area contributed by atoms with Crippen molar-refractivity contribution in [1.29, 1.82) is 0 Å². The number of pyridine rings is 1. The zero-order valence-electron chi connectivity index (χ0n) is 16.7. The van der Waals surface area contributed by atoms with Crippen molar-refractivity contribution >= 4 is 28.4 Å². The van der Waals surface area contributed by atoms with E-state index in [2.05, 4.69) is 15.6 Å². The normalized spacial score (nSPS) is 10.6. The molecule has 0 atom stereocenters. The number of amides is 2. The molecule has 2 aromatic heterocycles. The minimum absolute atomic E-state index is 0.205. The first-order valence-corrected chi connectivity index (χ1v) is 9.90. The lowest BCUT2D eigenvalue weighted by Crippen LogP contribution is -2.25. The summed E-state index contributed by atoms with van der Waals surface area (Å²) in [6.07, 6.45) is 3.81. The smallest absolute Gasteiger partial charge is 0.291 e. The third-order valence-corrected chi connectivity index (χ3v) is 4.59. The molecule has 4 aromatic rings. The number of nitrogens with one attached hydrogen (secondary N) is 2. The second-order valence-electron chi connectivity index (χ2n) is 6.80. The molecule has 156 valence electrons. The summed E-state index contributed by atoms with van der Waals surface area (Å²) in [5, 5.41) is 6.60. The van der Waals surface area contributed by atoms with E-state index in [1.54, 1.807) is 42.6 Å². The standard InChI is InChI=1S/C24H21N3O4/c28-23(18-7-1-9-19(16-18)27-24(29)21-11-4-14-31-21)26-13-5-15-30-20-10-2-6-17-8-3-12-25-22(17)20/h1-4,6-12,14,16H,5,13,15H2,(H,26,28)(H,27,29). The van der Waals surface area contributed by atoms with Gasteiger partial charge in [-0.25, -0.2) is 0 Å². The number of furan rings is 1. The van der Waals surface area contributed by atoms with Crippen molar-refractivity contribution in [2.75, 3.05) is 18.5 Å². The van der Waals surface area contributed by atoms with Gasteiger partial charge in [0.1, 0.15) is 11.3 Å². The molecule has 31 heavy (non-hydrogen) atoms. The average molecular weight is 415 g/mol. The number of ether oxygens (including phenoxy) is 1. The number of fused-ring (bicyclic) bond motifs is 1. The zero-order valence-corrected chi connectivity index (χ0v) is 16.7. The molecule has 7 heteroatoms. The first-order chi connectivity index (χ1) is 15.2. The summed E-state index contributed by atoms with van der Waals surface area (Å²) < 4.78 is 10.9. The molecule has 0 radical (unpaired) electrons. The van der Waals surface area contributed by atoms with Crippen molar-refractivity contribution in [2.24, 2.45) is 0 Å². The number of hydrogen-bond donors (Lipinski definition) is 2. The van der Waals surface area contributed by atoms with E-state index in [0.717, 1.165) is 16.7 Å². The number of hydrogen-bond acceptors (Lipinski definition) is 5. The first-order valence-electron chi connectivity index (χ1n) is 9.90. The Balaban J connectivity index is 1.26. The maximum Gasteiger partial charge on any atom is 0.291 e. The summed E-state index contributed by atoms with van der Waals surface area (Å²) in [4.78, 5) is 28.9. The van der Waals surface area contributed by atoms with Crippen LogP contribution in [0.2, 0.25) is 0 Å². The van der Waals surface area contributed by atoms with E-state index in [1.807, 2.05) is 30.3 Å². The Morgan fingerprint density at radius 3 is 2.71 bits per heavy atom. The molecule has 0 saturated carbocycles. The van der Waals surface area contributed by atoms with Crippen molar-refractivity contribution in [3.63, 3.8) is 0 Å². The Bertz CT molecular complexity index is 1180. The molecule has 7 nitrogen and oxygen atoms in total. The van der Waals surface area contributed by atoms with Gasteiger partial charge in [0, 0.05) is 29.4 Å². The molecule has 0 aliphatic carbocycles. The second-order valence-corrected chi connectivity index (χ2v) is 6.80. The Morgan fingerprint density at radius 2 is 1.84 bits per heavy atom. The molecule has 2 N–H and O–H groups in total. The molecule has 0 aliphatic heterocycles. The molecular formula is C24H21N3O4. The van der Waals surface area contributed by atoms with E-state index in [0.29, 0.717) is 30.8 Å². The first kappa shape index (κ1) is 20.2. The second kappa shape index (κ2) is 9.58. The van der Waals surface area contributed by atoms with Crippen molar-refractivity contribution in [1.82, 2.24) is 10.3 Å². The SMILES string of the molecule is O=C(NCCCOc1cccc2cccnc12)c1cccc(NC(=O)c2ccco2)c1. The number of para-hydroxylation sites is 1.